The minimum absolute atomic E-state index is 0.120. The fourth-order valence-electron chi connectivity index (χ4n) is 2.06. The number of hydrogen-bond donors (Lipinski definition) is 1. The van der Waals surface area contributed by atoms with E-state index in [1.54, 1.807) is 0 Å². The molecule has 0 saturated carbocycles. The molecule has 0 fully saturated rings. The highest BCUT2D eigenvalue weighted by Gasteiger charge is 2.11. The van der Waals surface area contributed by atoms with Crippen molar-refractivity contribution >= 4 is 0 Å². The quantitative estimate of drug-likeness (QED) is 0.846. The minimum Gasteiger partial charge on any atom is -0.306 e. The molecule has 18 heavy (non-hydrogen) atoms. The molecule has 0 radical (unpaired) electrons. The molecule has 1 aromatic rings. The molecule has 0 aliphatic rings. The Kier molecular flexibility index (Phi) is 5.32. The van der Waals surface area contributed by atoms with Crippen LogP contribution in [0, 0.1) is 11.8 Å². The van der Waals surface area contributed by atoms with Gasteiger partial charge in [-0.15, -0.1) is 5.10 Å². The largest absolute Gasteiger partial charge is 0.306 e. The number of nitrogens with zero attached hydrogens (tertiary/aromatic N) is 3. The normalized spacial score (nSPS) is 14.2. The molecular weight excluding hydrogens is 224 g/mol. The molecule has 104 valence electrons. The molecule has 0 bridgehead atoms. The molecule has 1 aromatic heterocycles. The van der Waals surface area contributed by atoms with Crippen LogP contribution in [0.1, 0.15) is 53.7 Å². The van der Waals surface area contributed by atoms with Crippen LogP contribution in [0.2, 0.25) is 0 Å². The summed E-state index contributed by atoms with van der Waals surface area (Å²) in [7, 11) is 0. The first-order valence-corrected chi connectivity index (χ1v) is 6.90. The summed E-state index contributed by atoms with van der Waals surface area (Å²) in [6.45, 7) is 15.0. The molecule has 1 atom stereocenters. The topological polar surface area (TPSA) is 42.7 Å². The van der Waals surface area contributed by atoms with Gasteiger partial charge in [0, 0.05) is 24.8 Å². The van der Waals surface area contributed by atoms with E-state index in [0.29, 0.717) is 5.92 Å². The third kappa shape index (κ3) is 6.15. The molecule has 0 aromatic carbocycles. The van der Waals surface area contributed by atoms with Gasteiger partial charge in [0.05, 0.1) is 5.69 Å². The average Bonchev–Trinajstić information content (AvgIpc) is 2.60. The first-order valence-electron chi connectivity index (χ1n) is 6.90. The Morgan fingerprint density at radius 1 is 1.28 bits per heavy atom. The third-order valence-electron chi connectivity index (χ3n) is 2.76. The highest BCUT2D eigenvalue weighted by molar-refractivity contribution is 4.93. The van der Waals surface area contributed by atoms with Crippen LogP contribution in [0.3, 0.4) is 0 Å². The standard InChI is InChI=1S/C14H28N4/c1-11(2)7-12(3)9-18-10-13(16-17-18)8-15-14(4,5)6/h10-12,15H,7-9H2,1-6H3. The SMILES string of the molecule is CC(C)CC(C)Cn1cc(CNC(C)(C)C)nn1. The molecule has 1 N–H and O–H groups in total. The van der Waals surface area contributed by atoms with Crippen molar-refractivity contribution < 1.29 is 0 Å². The van der Waals surface area contributed by atoms with Crippen LogP contribution in [-0.4, -0.2) is 20.5 Å². The zero-order valence-electron chi connectivity index (χ0n) is 12.7. The Bertz CT molecular complexity index is 349. The van der Waals surface area contributed by atoms with Gasteiger partial charge >= 0.3 is 0 Å². The lowest BCUT2D eigenvalue weighted by Gasteiger charge is -2.19. The highest BCUT2D eigenvalue weighted by Crippen LogP contribution is 2.12. The van der Waals surface area contributed by atoms with Crippen LogP contribution < -0.4 is 5.32 Å². The van der Waals surface area contributed by atoms with Gasteiger partial charge in [-0.05, 0) is 39.0 Å². The second-order valence-corrected chi connectivity index (χ2v) is 6.77. The Balaban J connectivity index is 2.43. The predicted octanol–water partition coefficient (Wildman–Crippen LogP) is 2.85. The fraction of sp³-hybridized carbons (Fsp3) is 0.857. The summed E-state index contributed by atoms with van der Waals surface area (Å²) in [6, 6.07) is 0. The summed E-state index contributed by atoms with van der Waals surface area (Å²) in [4.78, 5) is 0. The molecule has 0 saturated heterocycles. The number of nitrogens with one attached hydrogen (secondary N) is 1. The van der Waals surface area contributed by atoms with Gasteiger partial charge in [-0.1, -0.05) is 26.0 Å². The third-order valence-corrected chi connectivity index (χ3v) is 2.76. The van der Waals surface area contributed by atoms with Gasteiger partial charge in [0.15, 0.2) is 0 Å². The summed E-state index contributed by atoms with van der Waals surface area (Å²) in [5, 5.41) is 11.8. The number of aromatic nitrogens is 3. The second kappa shape index (κ2) is 6.32. The van der Waals surface area contributed by atoms with Crippen LogP contribution in [0.25, 0.3) is 0 Å². The summed E-state index contributed by atoms with van der Waals surface area (Å²) < 4.78 is 1.96. The van der Waals surface area contributed by atoms with Crippen molar-refractivity contribution in [3.63, 3.8) is 0 Å². The molecule has 1 heterocycles. The Morgan fingerprint density at radius 2 is 1.94 bits per heavy atom. The van der Waals surface area contributed by atoms with Crippen LogP contribution >= 0.6 is 0 Å². The minimum atomic E-state index is 0.120. The van der Waals surface area contributed by atoms with Crippen molar-refractivity contribution in [2.45, 2.75) is 66.6 Å². The van der Waals surface area contributed by atoms with Gasteiger partial charge in [-0.25, -0.2) is 0 Å². The summed E-state index contributed by atoms with van der Waals surface area (Å²) in [6.07, 6.45) is 3.28. The highest BCUT2D eigenvalue weighted by atomic mass is 15.4. The zero-order valence-corrected chi connectivity index (χ0v) is 12.7. The maximum Gasteiger partial charge on any atom is 0.0965 e. The van der Waals surface area contributed by atoms with E-state index in [1.807, 2.05) is 4.68 Å². The summed E-state index contributed by atoms with van der Waals surface area (Å²) in [5.41, 5.74) is 1.14. The molecule has 0 spiro atoms. The number of hydrogen-bond acceptors (Lipinski definition) is 3. The molecule has 4 nitrogen and oxygen atoms in total. The van der Waals surface area contributed by atoms with Gasteiger partial charge in [0.2, 0.25) is 0 Å². The van der Waals surface area contributed by atoms with Crippen molar-refractivity contribution in [1.29, 1.82) is 0 Å². The van der Waals surface area contributed by atoms with E-state index in [9.17, 15) is 0 Å². The zero-order chi connectivity index (χ0) is 13.8. The maximum absolute atomic E-state index is 4.20. The van der Waals surface area contributed by atoms with E-state index in [4.69, 9.17) is 0 Å². The molecular formula is C14H28N4. The fourth-order valence-corrected chi connectivity index (χ4v) is 2.06. The lowest BCUT2D eigenvalue weighted by atomic mass is 9.99. The van der Waals surface area contributed by atoms with Crippen molar-refractivity contribution in [2.24, 2.45) is 11.8 Å². The number of rotatable bonds is 6. The Morgan fingerprint density at radius 3 is 2.50 bits per heavy atom. The van der Waals surface area contributed by atoms with E-state index in [2.05, 4.69) is 63.4 Å². The van der Waals surface area contributed by atoms with E-state index in [1.165, 1.54) is 6.42 Å². The smallest absolute Gasteiger partial charge is 0.0965 e. The van der Waals surface area contributed by atoms with Gasteiger partial charge in [-0.3, -0.25) is 4.68 Å². The van der Waals surface area contributed by atoms with E-state index < -0.39 is 0 Å². The summed E-state index contributed by atoms with van der Waals surface area (Å²) >= 11 is 0. The van der Waals surface area contributed by atoms with Crippen LogP contribution in [-0.2, 0) is 13.1 Å². The van der Waals surface area contributed by atoms with Crippen molar-refractivity contribution in [1.82, 2.24) is 20.3 Å². The molecule has 4 heteroatoms. The van der Waals surface area contributed by atoms with Crippen LogP contribution in [0.5, 0.6) is 0 Å². The monoisotopic (exact) mass is 252 g/mol. The maximum atomic E-state index is 4.20. The van der Waals surface area contributed by atoms with E-state index >= 15 is 0 Å². The van der Waals surface area contributed by atoms with Crippen molar-refractivity contribution in [3.8, 4) is 0 Å². The van der Waals surface area contributed by atoms with Gasteiger partial charge in [-0.2, -0.15) is 0 Å². The van der Waals surface area contributed by atoms with E-state index in [-0.39, 0.29) is 5.54 Å². The van der Waals surface area contributed by atoms with Crippen LogP contribution in [0.15, 0.2) is 6.20 Å². The first kappa shape index (κ1) is 15.2. The molecule has 1 rings (SSSR count). The van der Waals surface area contributed by atoms with Crippen molar-refractivity contribution in [3.05, 3.63) is 11.9 Å². The van der Waals surface area contributed by atoms with Gasteiger partial charge < -0.3 is 5.32 Å². The summed E-state index contributed by atoms with van der Waals surface area (Å²) in [5.74, 6) is 1.39. The molecule has 1 unspecified atom stereocenters. The van der Waals surface area contributed by atoms with Gasteiger partial charge in [0.1, 0.15) is 0 Å². The lowest BCUT2D eigenvalue weighted by molar-refractivity contribution is 0.369. The Labute approximate surface area is 111 Å². The first-order chi connectivity index (χ1) is 8.26. The average molecular weight is 252 g/mol. The van der Waals surface area contributed by atoms with Gasteiger partial charge in [0.25, 0.3) is 0 Å². The second-order valence-electron chi connectivity index (χ2n) is 6.77. The molecule has 0 aliphatic heterocycles. The molecule has 0 aliphatic carbocycles. The molecule has 0 amide bonds. The predicted molar refractivity (Wildman–Crippen MR) is 75.2 cm³/mol. The lowest BCUT2D eigenvalue weighted by Crippen LogP contribution is -2.35. The van der Waals surface area contributed by atoms with Crippen molar-refractivity contribution in [2.75, 3.05) is 0 Å². The van der Waals surface area contributed by atoms with E-state index in [0.717, 1.165) is 24.7 Å². The Hall–Kier alpha value is -0.900. The van der Waals surface area contributed by atoms with Crippen LogP contribution in [0.4, 0.5) is 0 Å².